The number of aromatic amines is 1. The molecule has 1 saturated carbocycles. The molecule has 0 bridgehead atoms. The van der Waals surface area contributed by atoms with Gasteiger partial charge in [-0.3, -0.25) is 5.10 Å². The predicted molar refractivity (Wildman–Crippen MR) is 73.2 cm³/mol. The van der Waals surface area contributed by atoms with Gasteiger partial charge in [-0.15, -0.1) is 0 Å². The van der Waals surface area contributed by atoms with Crippen LogP contribution in [0.4, 0.5) is 0 Å². The molecule has 1 aliphatic carbocycles. The number of hydrogen-bond donors (Lipinski definition) is 2. The molecule has 2 aromatic rings. The molecule has 1 aliphatic rings. The molecule has 94 valence electrons. The van der Waals surface area contributed by atoms with Gasteiger partial charge in [0.2, 0.25) is 0 Å². The highest BCUT2D eigenvalue weighted by molar-refractivity contribution is 5.59. The van der Waals surface area contributed by atoms with Crippen molar-refractivity contribution in [2.75, 3.05) is 6.54 Å². The summed E-state index contributed by atoms with van der Waals surface area (Å²) in [5.41, 5.74) is 9.53. The Morgan fingerprint density at radius 3 is 2.56 bits per heavy atom. The van der Waals surface area contributed by atoms with Crippen LogP contribution in [0.3, 0.4) is 0 Å². The van der Waals surface area contributed by atoms with Crippen LogP contribution in [0.1, 0.15) is 31.4 Å². The molecule has 18 heavy (non-hydrogen) atoms. The molecule has 0 radical (unpaired) electrons. The van der Waals surface area contributed by atoms with E-state index < -0.39 is 0 Å². The zero-order valence-corrected chi connectivity index (χ0v) is 10.5. The van der Waals surface area contributed by atoms with Crippen molar-refractivity contribution >= 4 is 0 Å². The molecular weight excluding hydrogens is 222 g/mol. The fourth-order valence-corrected chi connectivity index (χ4v) is 2.99. The molecule has 3 nitrogen and oxygen atoms in total. The highest BCUT2D eigenvalue weighted by Crippen LogP contribution is 2.40. The Bertz CT molecular complexity index is 510. The van der Waals surface area contributed by atoms with Gasteiger partial charge in [0.15, 0.2) is 0 Å². The van der Waals surface area contributed by atoms with E-state index in [4.69, 9.17) is 5.73 Å². The van der Waals surface area contributed by atoms with Crippen molar-refractivity contribution < 1.29 is 0 Å². The number of aromatic nitrogens is 2. The summed E-state index contributed by atoms with van der Waals surface area (Å²) in [5, 5.41) is 7.65. The maximum atomic E-state index is 6.00. The quantitative estimate of drug-likeness (QED) is 0.868. The number of nitrogens with one attached hydrogen (secondary N) is 1. The van der Waals surface area contributed by atoms with E-state index in [-0.39, 0.29) is 5.41 Å². The van der Waals surface area contributed by atoms with Crippen molar-refractivity contribution in [1.82, 2.24) is 10.2 Å². The molecule has 1 fully saturated rings. The summed E-state index contributed by atoms with van der Waals surface area (Å²) >= 11 is 0. The molecule has 0 aliphatic heterocycles. The second kappa shape index (κ2) is 4.58. The van der Waals surface area contributed by atoms with Gasteiger partial charge in [-0.2, -0.15) is 5.10 Å². The molecule has 1 heterocycles. The first kappa shape index (κ1) is 11.5. The van der Waals surface area contributed by atoms with Gasteiger partial charge in [0.05, 0.1) is 5.69 Å². The summed E-state index contributed by atoms with van der Waals surface area (Å²) in [6.45, 7) is 0.712. The standard InChI is InChI=1S/C15H19N3/c16-11-15(8-4-5-9-15)14-10-13(17-18-14)12-6-2-1-3-7-12/h1-3,6-7,10H,4-5,8-9,11,16H2,(H,17,18). The molecule has 0 atom stereocenters. The number of H-pyrrole nitrogens is 1. The average Bonchev–Trinajstić information content (AvgIpc) is 3.09. The first-order chi connectivity index (χ1) is 8.84. The van der Waals surface area contributed by atoms with Gasteiger partial charge < -0.3 is 5.73 Å². The van der Waals surface area contributed by atoms with E-state index in [0.29, 0.717) is 6.54 Å². The van der Waals surface area contributed by atoms with E-state index in [1.165, 1.54) is 31.4 Å². The normalized spacial score (nSPS) is 18.1. The molecule has 0 unspecified atom stereocenters. The van der Waals surface area contributed by atoms with Gasteiger partial charge in [0.1, 0.15) is 0 Å². The molecule has 0 amide bonds. The van der Waals surface area contributed by atoms with Gasteiger partial charge in [-0.05, 0) is 18.9 Å². The van der Waals surface area contributed by atoms with Gasteiger partial charge in [-0.1, -0.05) is 43.2 Å². The SMILES string of the molecule is NCC1(c2cc(-c3ccccc3)n[nH]2)CCCC1. The summed E-state index contributed by atoms with van der Waals surface area (Å²) in [4.78, 5) is 0. The van der Waals surface area contributed by atoms with E-state index in [0.717, 1.165) is 11.3 Å². The van der Waals surface area contributed by atoms with E-state index in [2.05, 4.69) is 28.4 Å². The Hall–Kier alpha value is -1.61. The number of hydrogen-bond acceptors (Lipinski definition) is 2. The maximum Gasteiger partial charge on any atom is 0.0923 e. The van der Waals surface area contributed by atoms with Gasteiger partial charge in [0.25, 0.3) is 0 Å². The van der Waals surface area contributed by atoms with Crippen molar-refractivity contribution in [2.24, 2.45) is 5.73 Å². The fraction of sp³-hybridized carbons (Fsp3) is 0.400. The maximum absolute atomic E-state index is 6.00. The summed E-state index contributed by atoms with van der Waals surface area (Å²) in [7, 11) is 0. The molecule has 3 rings (SSSR count). The Balaban J connectivity index is 1.94. The Morgan fingerprint density at radius 1 is 1.17 bits per heavy atom. The monoisotopic (exact) mass is 241 g/mol. The lowest BCUT2D eigenvalue weighted by Crippen LogP contribution is -2.32. The number of rotatable bonds is 3. The van der Waals surface area contributed by atoms with Crippen molar-refractivity contribution in [1.29, 1.82) is 0 Å². The molecular formula is C15H19N3. The average molecular weight is 241 g/mol. The molecule has 3 N–H and O–H groups in total. The van der Waals surface area contributed by atoms with Crippen LogP contribution in [-0.2, 0) is 5.41 Å². The first-order valence-electron chi connectivity index (χ1n) is 6.65. The van der Waals surface area contributed by atoms with Crippen molar-refractivity contribution in [3.05, 3.63) is 42.1 Å². The topological polar surface area (TPSA) is 54.7 Å². The van der Waals surface area contributed by atoms with Crippen LogP contribution in [0.15, 0.2) is 36.4 Å². The largest absolute Gasteiger partial charge is 0.330 e. The second-order valence-electron chi connectivity index (χ2n) is 5.22. The summed E-state index contributed by atoms with van der Waals surface area (Å²) in [6, 6.07) is 12.5. The van der Waals surface area contributed by atoms with Crippen LogP contribution >= 0.6 is 0 Å². The minimum Gasteiger partial charge on any atom is -0.330 e. The molecule has 1 aromatic carbocycles. The summed E-state index contributed by atoms with van der Waals surface area (Å²) in [5.74, 6) is 0. The number of nitrogens with zero attached hydrogens (tertiary/aromatic N) is 1. The lowest BCUT2D eigenvalue weighted by Gasteiger charge is -2.25. The second-order valence-corrected chi connectivity index (χ2v) is 5.22. The summed E-state index contributed by atoms with van der Waals surface area (Å²) in [6.07, 6.45) is 4.91. The summed E-state index contributed by atoms with van der Waals surface area (Å²) < 4.78 is 0. The van der Waals surface area contributed by atoms with Crippen molar-refractivity contribution in [2.45, 2.75) is 31.1 Å². The van der Waals surface area contributed by atoms with E-state index >= 15 is 0 Å². The van der Waals surface area contributed by atoms with Crippen LogP contribution in [-0.4, -0.2) is 16.7 Å². The third-order valence-electron chi connectivity index (χ3n) is 4.17. The first-order valence-corrected chi connectivity index (χ1v) is 6.65. The lowest BCUT2D eigenvalue weighted by atomic mass is 9.82. The molecule has 3 heteroatoms. The molecule has 0 saturated heterocycles. The molecule has 0 spiro atoms. The minimum atomic E-state index is 0.139. The highest BCUT2D eigenvalue weighted by atomic mass is 15.1. The number of nitrogens with two attached hydrogens (primary N) is 1. The van der Waals surface area contributed by atoms with Gasteiger partial charge in [0, 0.05) is 23.2 Å². The minimum absolute atomic E-state index is 0.139. The van der Waals surface area contributed by atoms with Crippen LogP contribution in [0.25, 0.3) is 11.3 Å². The van der Waals surface area contributed by atoms with Gasteiger partial charge in [-0.25, -0.2) is 0 Å². The van der Waals surface area contributed by atoms with Crippen LogP contribution in [0.5, 0.6) is 0 Å². The van der Waals surface area contributed by atoms with E-state index in [9.17, 15) is 0 Å². The van der Waals surface area contributed by atoms with Crippen LogP contribution in [0, 0.1) is 0 Å². The van der Waals surface area contributed by atoms with Crippen molar-refractivity contribution in [3.8, 4) is 11.3 Å². The Labute approximate surface area is 107 Å². The predicted octanol–water partition coefficient (Wildman–Crippen LogP) is 2.85. The van der Waals surface area contributed by atoms with Crippen molar-refractivity contribution in [3.63, 3.8) is 0 Å². The Kier molecular flexibility index (Phi) is 2.92. The highest BCUT2D eigenvalue weighted by Gasteiger charge is 2.35. The zero-order valence-electron chi connectivity index (χ0n) is 10.5. The third-order valence-corrected chi connectivity index (χ3v) is 4.17. The lowest BCUT2D eigenvalue weighted by molar-refractivity contribution is 0.438. The van der Waals surface area contributed by atoms with Gasteiger partial charge >= 0.3 is 0 Å². The smallest absolute Gasteiger partial charge is 0.0923 e. The number of benzene rings is 1. The molecule has 1 aromatic heterocycles. The van der Waals surface area contributed by atoms with E-state index in [1.807, 2.05) is 18.2 Å². The Morgan fingerprint density at radius 2 is 1.89 bits per heavy atom. The van der Waals surface area contributed by atoms with Crippen LogP contribution < -0.4 is 5.73 Å². The van der Waals surface area contributed by atoms with Crippen LogP contribution in [0.2, 0.25) is 0 Å². The zero-order chi connectivity index (χ0) is 12.4. The third kappa shape index (κ3) is 1.85. The van der Waals surface area contributed by atoms with E-state index in [1.54, 1.807) is 0 Å². The fourth-order valence-electron chi connectivity index (χ4n) is 2.99.